The fraction of sp³-hybridized carbons (Fsp3) is 0.467. The number of rotatable bonds is 3. The summed E-state index contributed by atoms with van der Waals surface area (Å²) in [6, 6.07) is 5.30. The fourth-order valence-electron chi connectivity index (χ4n) is 2.78. The van der Waals surface area contributed by atoms with Crippen molar-refractivity contribution in [2.75, 3.05) is 5.32 Å². The third kappa shape index (κ3) is 3.51. The largest absolute Gasteiger partial charge is 0.481 e. The van der Waals surface area contributed by atoms with E-state index in [1.165, 1.54) is 0 Å². The maximum Gasteiger partial charge on any atom is 0.307 e. The number of benzene rings is 1. The van der Waals surface area contributed by atoms with Crippen molar-refractivity contribution in [2.45, 2.75) is 32.6 Å². The number of carbonyl (C=O) groups excluding carboxylic acids is 1. The second-order valence-corrected chi connectivity index (χ2v) is 5.78. The predicted octanol–water partition coefficient (Wildman–Crippen LogP) is 3.48. The quantitative estimate of drug-likeness (QED) is 0.897. The molecule has 0 aromatic heterocycles. The van der Waals surface area contributed by atoms with Gasteiger partial charge in [-0.25, -0.2) is 0 Å². The van der Waals surface area contributed by atoms with Crippen molar-refractivity contribution in [1.82, 2.24) is 0 Å². The molecule has 108 valence electrons. The summed E-state index contributed by atoms with van der Waals surface area (Å²) >= 11 is 5.95. The van der Waals surface area contributed by atoms with Gasteiger partial charge in [0.1, 0.15) is 0 Å². The Morgan fingerprint density at radius 3 is 2.45 bits per heavy atom. The van der Waals surface area contributed by atoms with E-state index in [0.29, 0.717) is 23.6 Å². The first-order valence-electron chi connectivity index (χ1n) is 6.78. The topological polar surface area (TPSA) is 66.4 Å². The molecule has 2 rings (SSSR count). The normalized spacial score (nSPS) is 22.3. The fourth-order valence-corrected chi connectivity index (χ4v) is 3.07. The van der Waals surface area contributed by atoms with Gasteiger partial charge in [0.25, 0.3) is 0 Å². The smallest absolute Gasteiger partial charge is 0.307 e. The molecule has 1 aliphatic carbocycles. The van der Waals surface area contributed by atoms with Crippen molar-refractivity contribution in [3.63, 3.8) is 0 Å². The van der Waals surface area contributed by atoms with E-state index >= 15 is 0 Å². The molecule has 1 amide bonds. The molecule has 1 saturated carbocycles. The Kier molecular flexibility index (Phi) is 4.65. The minimum Gasteiger partial charge on any atom is -0.481 e. The third-order valence-corrected chi connectivity index (χ3v) is 3.95. The van der Waals surface area contributed by atoms with E-state index in [1.54, 1.807) is 12.1 Å². The minimum absolute atomic E-state index is 0.223. The Hall–Kier alpha value is -1.55. The van der Waals surface area contributed by atoms with Gasteiger partial charge in [-0.1, -0.05) is 24.4 Å². The van der Waals surface area contributed by atoms with Gasteiger partial charge in [-0.3, -0.25) is 9.59 Å². The van der Waals surface area contributed by atoms with Crippen LogP contribution in [0, 0.1) is 18.8 Å². The number of anilines is 1. The summed E-state index contributed by atoms with van der Waals surface area (Å²) in [6.07, 6.45) is 2.97. The molecule has 1 aromatic carbocycles. The van der Waals surface area contributed by atoms with Gasteiger partial charge < -0.3 is 10.4 Å². The van der Waals surface area contributed by atoms with Crippen LogP contribution in [0.2, 0.25) is 5.02 Å². The molecule has 2 atom stereocenters. The average Bonchev–Trinajstić information content (AvgIpc) is 2.37. The zero-order valence-corrected chi connectivity index (χ0v) is 12.1. The van der Waals surface area contributed by atoms with E-state index in [1.807, 2.05) is 13.0 Å². The second kappa shape index (κ2) is 6.27. The van der Waals surface area contributed by atoms with Crippen molar-refractivity contribution >= 4 is 29.2 Å². The van der Waals surface area contributed by atoms with Gasteiger partial charge in [0, 0.05) is 10.7 Å². The van der Waals surface area contributed by atoms with Gasteiger partial charge in [0.15, 0.2) is 0 Å². The monoisotopic (exact) mass is 295 g/mol. The summed E-state index contributed by atoms with van der Waals surface area (Å²) in [7, 11) is 0. The lowest BCUT2D eigenvalue weighted by Gasteiger charge is -2.27. The number of hydrogen-bond donors (Lipinski definition) is 2. The zero-order valence-electron chi connectivity index (χ0n) is 11.4. The maximum atomic E-state index is 12.3. The molecule has 1 aromatic rings. The Bertz CT molecular complexity index is 510. The first kappa shape index (κ1) is 14.9. The first-order chi connectivity index (χ1) is 9.47. The summed E-state index contributed by atoms with van der Waals surface area (Å²) in [5, 5.41) is 12.6. The van der Waals surface area contributed by atoms with Crippen molar-refractivity contribution in [3.8, 4) is 0 Å². The van der Waals surface area contributed by atoms with Crippen molar-refractivity contribution in [2.24, 2.45) is 11.8 Å². The molecule has 20 heavy (non-hydrogen) atoms. The van der Waals surface area contributed by atoms with E-state index in [2.05, 4.69) is 5.32 Å². The summed E-state index contributed by atoms with van der Waals surface area (Å²) in [6.45, 7) is 1.89. The molecule has 0 bridgehead atoms. The molecule has 0 radical (unpaired) electrons. The molecular formula is C15H18ClNO3. The minimum atomic E-state index is -0.882. The van der Waals surface area contributed by atoms with Crippen LogP contribution in [-0.2, 0) is 9.59 Å². The Morgan fingerprint density at radius 2 is 1.85 bits per heavy atom. The number of carboxylic acids is 1. The van der Waals surface area contributed by atoms with Crippen LogP contribution in [0.4, 0.5) is 5.69 Å². The molecule has 0 heterocycles. The molecule has 5 heteroatoms. The van der Waals surface area contributed by atoms with Gasteiger partial charge in [0.05, 0.1) is 11.8 Å². The predicted molar refractivity (Wildman–Crippen MR) is 77.9 cm³/mol. The second-order valence-electron chi connectivity index (χ2n) is 5.34. The molecule has 1 fully saturated rings. The summed E-state index contributed by atoms with van der Waals surface area (Å²) in [4.78, 5) is 23.5. The summed E-state index contributed by atoms with van der Waals surface area (Å²) in [5.41, 5.74) is 1.57. The maximum absolute atomic E-state index is 12.3. The van der Waals surface area contributed by atoms with Gasteiger partial charge in [0.2, 0.25) is 5.91 Å². The third-order valence-electron chi connectivity index (χ3n) is 3.73. The van der Waals surface area contributed by atoms with Crippen LogP contribution in [0.1, 0.15) is 31.2 Å². The number of hydrogen-bond acceptors (Lipinski definition) is 2. The van der Waals surface area contributed by atoms with Crippen molar-refractivity contribution in [3.05, 3.63) is 28.8 Å². The molecule has 4 nitrogen and oxygen atoms in total. The van der Waals surface area contributed by atoms with Crippen LogP contribution in [0.15, 0.2) is 18.2 Å². The Labute approximate surface area is 123 Å². The van der Waals surface area contributed by atoms with Crippen molar-refractivity contribution in [1.29, 1.82) is 0 Å². The molecule has 1 aliphatic rings. The molecule has 2 N–H and O–H groups in total. The molecule has 0 saturated heterocycles. The number of halogens is 1. The van der Waals surface area contributed by atoms with E-state index < -0.39 is 17.8 Å². The van der Waals surface area contributed by atoms with E-state index in [0.717, 1.165) is 18.4 Å². The van der Waals surface area contributed by atoms with Crippen LogP contribution in [0.25, 0.3) is 0 Å². The number of carbonyl (C=O) groups is 2. The lowest BCUT2D eigenvalue weighted by atomic mass is 9.78. The highest BCUT2D eigenvalue weighted by atomic mass is 35.5. The highest BCUT2D eigenvalue weighted by Gasteiger charge is 2.35. The van der Waals surface area contributed by atoms with Crippen LogP contribution in [0.5, 0.6) is 0 Å². The van der Waals surface area contributed by atoms with E-state index in [9.17, 15) is 14.7 Å². The number of nitrogens with one attached hydrogen (secondary N) is 1. The average molecular weight is 296 g/mol. The summed E-state index contributed by atoms with van der Waals surface area (Å²) < 4.78 is 0. The van der Waals surface area contributed by atoms with Crippen molar-refractivity contribution < 1.29 is 14.7 Å². The summed E-state index contributed by atoms with van der Waals surface area (Å²) in [5.74, 6) is -2.14. The van der Waals surface area contributed by atoms with Crippen LogP contribution < -0.4 is 5.32 Å². The zero-order chi connectivity index (χ0) is 14.7. The molecule has 2 unspecified atom stereocenters. The van der Waals surface area contributed by atoms with Crippen LogP contribution in [0.3, 0.4) is 0 Å². The molecule has 0 spiro atoms. The van der Waals surface area contributed by atoms with Gasteiger partial charge in [-0.2, -0.15) is 0 Å². The standard InChI is InChI=1S/C15H18ClNO3/c1-9-6-10(16)8-11(7-9)17-14(18)12-4-2-3-5-13(12)15(19)20/h6-8,12-13H,2-5H2,1H3,(H,17,18)(H,19,20). The van der Waals surface area contributed by atoms with Crippen LogP contribution in [-0.4, -0.2) is 17.0 Å². The highest BCUT2D eigenvalue weighted by molar-refractivity contribution is 6.31. The number of amides is 1. The Morgan fingerprint density at radius 1 is 1.20 bits per heavy atom. The first-order valence-corrected chi connectivity index (χ1v) is 7.16. The SMILES string of the molecule is Cc1cc(Cl)cc(NC(=O)C2CCCCC2C(=O)O)c1. The van der Waals surface area contributed by atoms with E-state index in [-0.39, 0.29) is 5.91 Å². The van der Waals surface area contributed by atoms with Gasteiger partial charge in [-0.05, 0) is 43.5 Å². The molecule has 0 aliphatic heterocycles. The Balaban J connectivity index is 2.11. The van der Waals surface area contributed by atoms with Gasteiger partial charge >= 0.3 is 5.97 Å². The number of aryl methyl sites for hydroxylation is 1. The lowest BCUT2D eigenvalue weighted by Crippen LogP contribution is -2.36. The molecular weight excluding hydrogens is 278 g/mol. The van der Waals surface area contributed by atoms with E-state index in [4.69, 9.17) is 11.6 Å². The van der Waals surface area contributed by atoms with Crippen LogP contribution >= 0.6 is 11.6 Å². The van der Waals surface area contributed by atoms with Gasteiger partial charge in [-0.15, -0.1) is 0 Å². The number of carboxylic acid groups (broad SMARTS) is 1. The lowest BCUT2D eigenvalue weighted by molar-refractivity contribution is -0.147. The number of aliphatic carboxylic acids is 1. The highest BCUT2D eigenvalue weighted by Crippen LogP contribution is 2.31.